The third-order valence-corrected chi connectivity index (χ3v) is 10.9. The van der Waals surface area contributed by atoms with E-state index in [2.05, 4.69) is 23.8 Å². The van der Waals surface area contributed by atoms with Crippen LogP contribution in [-0.4, -0.2) is 56.2 Å². The molecule has 2 atom stereocenters. The second kappa shape index (κ2) is 16.0. The molecule has 2 unspecified atom stereocenters. The minimum atomic E-state index is -0.396. The van der Waals surface area contributed by atoms with Gasteiger partial charge >= 0.3 is 0 Å². The number of aryl methyl sites for hydroxylation is 2. The molecule has 0 amide bonds. The SMILES string of the molecule is Cc1cc2c(C(C)C)c(O)c(O)c(C=NCC(C)c3ccccc3)c2c(O)c1-c1c(C)cc2c(C(C)C)c(O)c(O)c(C=NCC(C)c3ccccc3)c2c1O. The van der Waals surface area contributed by atoms with Crippen LogP contribution >= 0.6 is 0 Å². The van der Waals surface area contributed by atoms with Crippen molar-refractivity contribution in [3.05, 3.63) is 117 Å². The quantitative estimate of drug-likeness (QED) is 0.0574. The highest BCUT2D eigenvalue weighted by Crippen LogP contribution is 2.54. The van der Waals surface area contributed by atoms with E-state index in [1.165, 1.54) is 12.4 Å². The van der Waals surface area contributed by atoms with Crippen LogP contribution in [0.1, 0.15) is 110 Å². The molecule has 0 saturated carbocycles. The molecule has 0 aliphatic heterocycles. The Morgan fingerprint density at radius 1 is 0.482 bits per heavy atom. The molecule has 6 aromatic carbocycles. The summed E-state index contributed by atoms with van der Waals surface area (Å²) in [6.07, 6.45) is 2.99. The van der Waals surface area contributed by atoms with E-state index < -0.39 is 11.5 Å². The molecule has 290 valence electrons. The van der Waals surface area contributed by atoms with Crippen LogP contribution in [0, 0.1) is 13.8 Å². The van der Waals surface area contributed by atoms with E-state index in [0.717, 1.165) is 11.1 Å². The fraction of sp³-hybridized carbons (Fsp3) is 0.292. The standard InChI is InChI=1S/C48H52N2O6/c1-25(2)37-33-19-27(5)39(45(53)41(33)35(43(51)47(37)55)23-49-21-29(7)31-15-11-9-12-16-31)40-28(6)20-34-38(26(3)4)48(56)44(52)36(42(34)46(40)54)24-50-22-30(8)32-17-13-10-14-18-32/h9-20,23-26,29-30,51-56H,21-22H2,1-8H3. The zero-order valence-electron chi connectivity index (χ0n) is 33.4. The van der Waals surface area contributed by atoms with E-state index in [1.54, 1.807) is 0 Å². The van der Waals surface area contributed by atoms with Crippen LogP contribution in [0.25, 0.3) is 32.7 Å². The van der Waals surface area contributed by atoms with E-state index in [1.807, 2.05) is 114 Å². The predicted octanol–water partition coefficient (Wildman–Crippen LogP) is 11.2. The molecule has 8 nitrogen and oxygen atoms in total. The van der Waals surface area contributed by atoms with E-state index in [4.69, 9.17) is 0 Å². The minimum Gasteiger partial charge on any atom is -0.507 e. The number of hydrogen-bond donors (Lipinski definition) is 6. The Hall–Kier alpha value is -6.02. The summed E-state index contributed by atoms with van der Waals surface area (Å²) in [7, 11) is 0. The largest absolute Gasteiger partial charge is 0.507 e. The van der Waals surface area contributed by atoms with Crippen LogP contribution in [-0.2, 0) is 0 Å². The fourth-order valence-electron chi connectivity index (χ4n) is 8.00. The third-order valence-electron chi connectivity index (χ3n) is 10.9. The van der Waals surface area contributed by atoms with Crippen molar-refractivity contribution in [1.82, 2.24) is 0 Å². The van der Waals surface area contributed by atoms with Crippen molar-refractivity contribution in [3.63, 3.8) is 0 Å². The average Bonchev–Trinajstić information content (AvgIpc) is 3.16. The highest BCUT2D eigenvalue weighted by Gasteiger charge is 2.29. The van der Waals surface area contributed by atoms with Crippen molar-refractivity contribution in [2.45, 2.75) is 79.1 Å². The Morgan fingerprint density at radius 3 is 1.14 bits per heavy atom. The van der Waals surface area contributed by atoms with Crippen molar-refractivity contribution in [2.24, 2.45) is 9.98 Å². The lowest BCUT2D eigenvalue weighted by Gasteiger charge is -2.23. The van der Waals surface area contributed by atoms with E-state index in [-0.39, 0.29) is 68.6 Å². The molecule has 6 rings (SSSR count). The van der Waals surface area contributed by atoms with Crippen molar-refractivity contribution >= 4 is 34.0 Å². The van der Waals surface area contributed by atoms with Gasteiger partial charge in [-0.3, -0.25) is 9.98 Å². The van der Waals surface area contributed by atoms with Gasteiger partial charge in [0.15, 0.2) is 23.0 Å². The maximum Gasteiger partial charge on any atom is 0.167 e. The van der Waals surface area contributed by atoms with Gasteiger partial charge in [0.05, 0.1) is 0 Å². The van der Waals surface area contributed by atoms with Crippen molar-refractivity contribution < 1.29 is 30.6 Å². The predicted molar refractivity (Wildman–Crippen MR) is 229 cm³/mol. The van der Waals surface area contributed by atoms with Crippen molar-refractivity contribution in [3.8, 4) is 45.6 Å². The zero-order chi connectivity index (χ0) is 40.6. The average molecular weight is 753 g/mol. The fourth-order valence-corrected chi connectivity index (χ4v) is 8.00. The molecular weight excluding hydrogens is 701 g/mol. The van der Waals surface area contributed by atoms with Gasteiger partial charge in [0.25, 0.3) is 0 Å². The molecule has 0 bridgehead atoms. The van der Waals surface area contributed by atoms with Crippen LogP contribution in [0.15, 0.2) is 82.8 Å². The lowest BCUT2D eigenvalue weighted by molar-refractivity contribution is 0.398. The first-order valence-corrected chi connectivity index (χ1v) is 19.2. The van der Waals surface area contributed by atoms with Gasteiger partial charge in [0, 0.05) is 81.5 Å². The van der Waals surface area contributed by atoms with Gasteiger partial charge in [0.1, 0.15) is 11.5 Å². The van der Waals surface area contributed by atoms with Gasteiger partial charge in [-0.2, -0.15) is 0 Å². The molecule has 0 fully saturated rings. The third kappa shape index (κ3) is 7.12. The number of benzene rings is 6. The number of aliphatic imine (C=N–C) groups is 2. The molecule has 0 spiro atoms. The molecule has 6 aromatic rings. The smallest absolute Gasteiger partial charge is 0.167 e. The van der Waals surface area contributed by atoms with Gasteiger partial charge < -0.3 is 30.6 Å². The molecular formula is C48H52N2O6. The molecule has 6 N–H and O–H groups in total. The Kier molecular flexibility index (Phi) is 11.3. The Balaban J connectivity index is 1.60. The zero-order valence-corrected chi connectivity index (χ0v) is 33.4. The van der Waals surface area contributed by atoms with Crippen LogP contribution in [0.3, 0.4) is 0 Å². The summed E-state index contributed by atoms with van der Waals surface area (Å²) in [4.78, 5) is 9.36. The molecule has 8 heteroatoms. The van der Waals surface area contributed by atoms with Gasteiger partial charge in [-0.25, -0.2) is 0 Å². The Bertz CT molecular complexity index is 2310. The Morgan fingerprint density at radius 2 is 0.821 bits per heavy atom. The molecule has 0 aliphatic carbocycles. The number of nitrogens with zero attached hydrogens (tertiary/aromatic N) is 2. The summed E-state index contributed by atoms with van der Waals surface area (Å²) >= 11 is 0. The summed E-state index contributed by atoms with van der Waals surface area (Å²) in [5.74, 6) is -2.05. The molecule has 0 radical (unpaired) electrons. The first kappa shape index (κ1) is 39.7. The van der Waals surface area contributed by atoms with Crippen molar-refractivity contribution in [2.75, 3.05) is 13.1 Å². The maximum absolute atomic E-state index is 12.4. The molecule has 0 heterocycles. The first-order chi connectivity index (χ1) is 26.6. The van der Waals surface area contributed by atoms with Crippen LogP contribution in [0.2, 0.25) is 0 Å². The summed E-state index contributed by atoms with van der Waals surface area (Å²) in [6.45, 7) is 16.2. The summed E-state index contributed by atoms with van der Waals surface area (Å²) in [6, 6.07) is 23.6. The van der Waals surface area contributed by atoms with Crippen LogP contribution in [0.5, 0.6) is 34.5 Å². The van der Waals surface area contributed by atoms with E-state index in [0.29, 0.717) is 57.2 Å². The van der Waals surface area contributed by atoms with Gasteiger partial charge in [-0.05, 0) is 58.7 Å². The van der Waals surface area contributed by atoms with Gasteiger partial charge in [0.2, 0.25) is 0 Å². The monoisotopic (exact) mass is 752 g/mol. The van der Waals surface area contributed by atoms with Crippen molar-refractivity contribution in [1.29, 1.82) is 0 Å². The topological polar surface area (TPSA) is 146 Å². The summed E-state index contributed by atoms with van der Waals surface area (Å²) in [5, 5.41) is 72.2. The summed E-state index contributed by atoms with van der Waals surface area (Å²) < 4.78 is 0. The number of fused-ring (bicyclic) bond motifs is 2. The Labute approximate surface area is 328 Å². The molecule has 56 heavy (non-hydrogen) atoms. The lowest BCUT2D eigenvalue weighted by Crippen LogP contribution is -2.02. The number of rotatable bonds is 11. The minimum absolute atomic E-state index is 0.0684. The number of phenolic OH excluding ortho intramolecular Hbond substituents is 6. The number of phenols is 6. The summed E-state index contributed by atoms with van der Waals surface area (Å²) in [5.41, 5.74) is 5.33. The molecule has 0 aromatic heterocycles. The lowest BCUT2D eigenvalue weighted by atomic mass is 9.83. The normalized spacial score (nSPS) is 13.2. The second-order valence-electron chi connectivity index (χ2n) is 15.6. The number of aromatic hydroxyl groups is 6. The maximum atomic E-state index is 12.4. The molecule has 0 aliphatic rings. The van der Waals surface area contributed by atoms with E-state index in [9.17, 15) is 30.6 Å². The second-order valence-corrected chi connectivity index (χ2v) is 15.6. The highest BCUT2D eigenvalue weighted by molar-refractivity contribution is 6.15. The van der Waals surface area contributed by atoms with Gasteiger partial charge in [-0.1, -0.05) is 114 Å². The van der Waals surface area contributed by atoms with E-state index >= 15 is 0 Å². The van der Waals surface area contributed by atoms with Crippen LogP contribution < -0.4 is 0 Å². The van der Waals surface area contributed by atoms with Crippen LogP contribution in [0.4, 0.5) is 0 Å². The van der Waals surface area contributed by atoms with Gasteiger partial charge in [-0.15, -0.1) is 0 Å². The molecule has 0 saturated heterocycles. The highest BCUT2D eigenvalue weighted by atomic mass is 16.3. The number of hydrogen-bond acceptors (Lipinski definition) is 8. The first-order valence-electron chi connectivity index (χ1n) is 19.2.